The molecule has 0 amide bonds. The molecule has 2 saturated heterocycles. The quantitative estimate of drug-likeness (QED) is 0.822. The topological polar surface area (TPSA) is 41.4 Å². The van der Waals surface area contributed by atoms with Gasteiger partial charge in [-0.05, 0) is 77.2 Å². The van der Waals surface area contributed by atoms with Gasteiger partial charge in [0.25, 0.3) is 5.56 Å². The van der Waals surface area contributed by atoms with Crippen LogP contribution in [0.15, 0.2) is 16.9 Å². The van der Waals surface area contributed by atoms with Crippen molar-refractivity contribution in [1.82, 2.24) is 19.6 Å². The molecule has 0 N–H and O–H groups in total. The van der Waals surface area contributed by atoms with E-state index in [0.29, 0.717) is 11.8 Å². The molecule has 1 unspecified atom stereocenters. The van der Waals surface area contributed by atoms with Gasteiger partial charge in [0.1, 0.15) is 0 Å². The van der Waals surface area contributed by atoms with E-state index >= 15 is 0 Å². The van der Waals surface area contributed by atoms with Crippen molar-refractivity contribution in [2.45, 2.75) is 63.5 Å². The maximum atomic E-state index is 12.1. The van der Waals surface area contributed by atoms with Crippen molar-refractivity contribution in [1.29, 1.82) is 0 Å². The number of nitrogens with zero attached hydrogens (tertiary/aromatic N) is 4. The fraction of sp³-hybridized carbons (Fsp3) is 0.800. The van der Waals surface area contributed by atoms with Gasteiger partial charge in [0.2, 0.25) is 0 Å². The van der Waals surface area contributed by atoms with Gasteiger partial charge >= 0.3 is 0 Å². The zero-order valence-electron chi connectivity index (χ0n) is 15.6. The Hall–Kier alpha value is -1.20. The first-order valence-electron chi connectivity index (χ1n) is 10.2. The second-order valence-electron chi connectivity index (χ2n) is 8.43. The summed E-state index contributed by atoms with van der Waals surface area (Å²) in [6.45, 7) is 5.63. The second-order valence-corrected chi connectivity index (χ2v) is 8.43. The monoisotopic (exact) mass is 344 g/mol. The number of likely N-dealkylation sites (N-methyl/N-ethyl adjacent to an activating group) is 1. The molecule has 3 aliphatic rings. The third-order valence-electron chi connectivity index (χ3n) is 6.41. The van der Waals surface area contributed by atoms with Crippen molar-refractivity contribution >= 4 is 0 Å². The number of piperidine rings is 2. The van der Waals surface area contributed by atoms with Crippen molar-refractivity contribution < 1.29 is 0 Å². The standard InChI is InChI=1S/C20H32N4O/c1-22-11-3-2-4-18(22)15-23-12-9-16(10-13-23)14-24-20(25)8-7-19(21-24)17-5-6-17/h7-8,16-18H,2-6,9-15H2,1H3. The summed E-state index contributed by atoms with van der Waals surface area (Å²) in [4.78, 5) is 17.3. The third-order valence-corrected chi connectivity index (χ3v) is 6.41. The summed E-state index contributed by atoms with van der Waals surface area (Å²) in [7, 11) is 2.28. The normalized spacial score (nSPS) is 26.8. The largest absolute Gasteiger partial charge is 0.302 e. The second kappa shape index (κ2) is 7.58. The van der Waals surface area contributed by atoms with Gasteiger partial charge in [-0.25, -0.2) is 4.68 Å². The van der Waals surface area contributed by atoms with Crippen LogP contribution in [0, 0.1) is 5.92 Å². The highest BCUT2D eigenvalue weighted by atomic mass is 16.1. The maximum Gasteiger partial charge on any atom is 0.266 e. The SMILES string of the molecule is CN1CCCCC1CN1CCC(Cn2nc(C3CC3)ccc2=O)CC1. The Bertz CT molecular complexity index is 631. The third kappa shape index (κ3) is 4.32. The van der Waals surface area contributed by atoms with E-state index in [9.17, 15) is 4.79 Å². The smallest absolute Gasteiger partial charge is 0.266 e. The van der Waals surface area contributed by atoms with Crippen molar-refractivity contribution in [2.75, 3.05) is 33.2 Å². The summed E-state index contributed by atoms with van der Waals surface area (Å²) in [5, 5.41) is 4.63. The molecule has 1 aromatic rings. The summed E-state index contributed by atoms with van der Waals surface area (Å²) in [6.07, 6.45) is 8.95. The highest BCUT2D eigenvalue weighted by Crippen LogP contribution is 2.38. The van der Waals surface area contributed by atoms with E-state index in [-0.39, 0.29) is 5.56 Å². The van der Waals surface area contributed by atoms with E-state index in [4.69, 9.17) is 0 Å². The molecule has 2 aliphatic heterocycles. The number of likely N-dealkylation sites (tertiary alicyclic amines) is 2. The van der Waals surface area contributed by atoms with E-state index in [1.165, 1.54) is 71.1 Å². The Kier molecular flexibility index (Phi) is 5.23. The number of hydrogen-bond acceptors (Lipinski definition) is 4. The predicted molar refractivity (Wildman–Crippen MR) is 99.9 cm³/mol. The lowest BCUT2D eigenvalue weighted by Gasteiger charge is -2.39. The molecular formula is C20H32N4O. The molecule has 1 aliphatic carbocycles. The zero-order chi connectivity index (χ0) is 17.2. The number of rotatable bonds is 5. The van der Waals surface area contributed by atoms with Crippen LogP contribution in [0.25, 0.3) is 0 Å². The molecular weight excluding hydrogens is 312 g/mol. The average Bonchev–Trinajstić information content (AvgIpc) is 3.46. The molecule has 0 spiro atoms. The molecule has 5 heteroatoms. The van der Waals surface area contributed by atoms with Crippen LogP contribution in [0.3, 0.4) is 0 Å². The summed E-state index contributed by atoms with van der Waals surface area (Å²) >= 11 is 0. The van der Waals surface area contributed by atoms with Gasteiger partial charge in [-0.1, -0.05) is 6.42 Å². The lowest BCUT2D eigenvalue weighted by molar-refractivity contribution is 0.0995. The molecule has 25 heavy (non-hydrogen) atoms. The molecule has 3 heterocycles. The molecule has 3 fully saturated rings. The van der Waals surface area contributed by atoms with Crippen molar-refractivity contribution in [3.63, 3.8) is 0 Å². The summed E-state index contributed by atoms with van der Waals surface area (Å²) in [5.74, 6) is 1.21. The molecule has 138 valence electrons. The fourth-order valence-corrected chi connectivity index (χ4v) is 4.46. The van der Waals surface area contributed by atoms with Crippen LogP contribution in [0.2, 0.25) is 0 Å². The summed E-state index contributed by atoms with van der Waals surface area (Å²) in [5.41, 5.74) is 1.19. The van der Waals surface area contributed by atoms with Crippen LogP contribution in [0.4, 0.5) is 0 Å². The number of aromatic nitrogens is 2. The highest BCUT2D eigenvalue weighted by molar-refractivity contribution is 5.12. The van der Waals surface area contributed by atoms with Crippen LogP contribution in [0.1, 0.15) is 56.6 Å². The van der Waals surface area contributed by atoms with Crippen LogP contribution >= 0.6 is 0 Å². The first-order valence-corrected chi connectivity index (χ1v) is 10.2. The minimum Gasteiger partial charge on any atom is -0.302 e. The van der Waals surface area contributed by atoms with Crippen molar-refractivity contribution in [3.8, 4) is 0 Å². The lowest BCUT2D eigenvalue weighted by Crippen LogP contribution is -2.47. The van der Waals surface area contributed by atoms with E-state index < -0.39 is 0 Å². The Morgan fingerprint density at radius 3 is 2.52 bits per heavy atom. The van der Waals surface area contributed by atoms with E-state index in [2.05, 4.69) is 21.9 Å². The minimum absolute atomic E-state index is 0.0654. The summed E-state index contributed by atoms with van der Waals surface area (Å²) in [6, 6.07) is 4.39. The molecule has 5 nitrogen and oxygen atoms in total. The molecule has 1 atom stereocenters. The van der Waals surface area contributed by atoms with E-state index in [1.54, 1.807) is 10.7 Å². The van der Waals surface area contributed by atoms with Gasteiger partial charge in [0.15, 0.2) is 0 Å². The molecule has 0 bridgehead atoms. The Balaban J connectivity index is 1.29. The highest BCUT2D eigenvalue weighted by Gasteiger charge is 2.27. The molecule has 1 aromatic heterocycles. The minimum atomic E-state index is 0.0654. The van der Waals surface area contributed by atoms with Gasteiger partial charge in [0.05, 0.1) is 5.69 Å². The first kappa shape index (κ1) is 17.2. The van der Waals surface area contributed by atoms with Crippen LogP contribution in [-0.4, -0.2) is 58.8 Å². The van der Waals surface area contributed by atoms with E-state index in [0.717, 1.165) is 18.3 Å². The van der Waals surface area contributed by atoms with Gasteiger partial charge in [-0.3, -0.25) is 4.79 Å². The molecule has 0 aromatic carbocycles. The number of hydrogen-bond donors (Lipinski definition) is 0. The van der Waals surface area contributed by atoms with Gasteiger partial charge in [0, 0.05) is 31.1 Å². The van der Waals surface area contributed by atoms with Crippen LogP contribution in [-0.2, 0) is 6.54 Å². The van der Waals surface area contributed by atoms with Gasteiger partial charge in [-0.15, -0.1) is 0 Å². The lowest BCUT2D eigenvalue weighted by atomic mass is 9.95. The average molecular weight is 345 g/mol. The van der Waals surface area contributed by atoms with Crippen molar-refractivity contribution in [3.05, 3.63) is 28.2 Å². The zero-order valence-corrected chi connectivity index (χ0v) is 15.6. The van der Waals surface area contributed by atoms with Gasteiger partial charge in [-0.2, -0.15) is 5.10 Å². The predicted octanol–water partition coefficient (Wildman–Crippen LogP) is 2.32. The summed E-state index contributed by atoms with van der Waals surface area (Å²) < 4.78 is 1.74. The fourth-order valence-electron chi connectivity index (χ4n) is 4.46. The van der Waals surface area contributed by atoms with Gasteiger partial charge < -0.3 is 9.80 Å². The van der Waals surface area contributed by atoms with Crippen LogP contribution < -0.4 is 5.56 Å². The molecule has 4 rings (SSSR count). The molecule has 1 saturated carbocycles. The molecule has 0 radical (unpaired) electrons. The Morgan fingerprint density at radius 1 is 1.00 bits per heavy atom. The Labute approximate surface area is 151 Å². The van der Waals surface area contributed by atoms with Crippen molar-refractivity contribution in [2.24, 2.45) is 5.92 Å². The Morgan fingerprint density at radius 2 is 1.80 bits per heavy atom. The van der Waals surface area contributed by atoms with Crippen LogP contribution in [0.5, 0.6) is 0 Å². The maximum absolute atomic E-state index is 12.1. The first-order chi connectivity index (χ1) is 12.2. The van der Waals surface area contributed by atoms with E-state index in [1.807, 2.05) is 6.07 Å².